The van der Waals surface area contributed by atoms with Gasteiger partial charge in [0.05, 0.1) is 0 Å². The van der Waals surface area contributed by atoms with Gasteiger partial charge < -0.3 is 4.90 Å². The second-order valence-electron chi connectivity index (χ2n) is 4.10. The molecule has 0 bridgehead atoms. The van der Waals surface area contributed by atoms with Crippen molar-refractivity contribution in [1.29, 1.82) is 0 Å². The van der Waals surface area contributed by atoms with Crippen molar-refractivity contribution < 1.29 is 18.0 Å². The van der Waals surface area contributed by atoms with Crippen molar-refractivity contribution in [3.8, 4) is 0 Å². The minimum atomic E-state index is -4.14. The molecule has 2 rings (SSSR count). The fourth-order valence-electron chi connectivity index (χ4n) is 1.97. The van der Waals surface area contributed by atoms with Gasteiger partial charge in [0.25, 0.3) is 5.91 Å². The van der Waals surface area contributed by atoms with Crippen LogP contribution in [0.5, 0.6) is 0 Å². The molecule has 1 aromatic carbocycles. The standard InChI is InChI=1S/C12H12F3NO/c13-12(14,15)6-3-7-16-8-9-4-1-2-5-10(9)11(16)17/h1-2,4-5H,3,6-8H2. The van der Waals surface area contributed by atoms with Crippen molar-refractivity contribution in [3.05, 3.63) is 35.4 Å². The molecule has 1 amide bonds. The molecule has 1 heterocycles. The number of halogens is 3. The summed E-state index contributed by atoms with van der Waals surface area (Å²) < 4.78 is 36.0. The largest absolute Gasteiger partial charge is 0.389 e. The van der Waals surface area contributed by atoms with E-state index in [1.165, 1.54) is 4.90 Å². The molecule has 0 unspecified atom stereocenters. The number of fused-ring (bicyclic) bond motifs is 1. The highest BCUT2D eigenvalue weighted by Crippen LogP contribution is 2.25. The Balaban J connectivity index is 1.92. The van der Waals surface area contributed by atoms with Gasteiger partial charge in [-0.15, -0.1) is 0 Å². The Kier molecular flexibility index (Phi) is 3.09. The number of hydrogen-bond donors (Lipinski definition) is 0. The Morgan fingerprint density at radius 3 is 2.59 bits per heavy atom. The van der Waals surface area contributed by atoms with Gasteiger partial charge in [-0.25, -0.2) is 0 Å². The first kappa shape index (κ1) is 12.0. The zero-order valence-electron chi connectivity index (χ0n) is 9.13. The van der Waals surface area contributed by atoms with Gasteiger partial charge in [0.15, 0.2) is 0 Å². The highest BCUT2D eigenvalue weighted by molar-refractivity contribution is 5.98. The molecule has 0 atom stereocenters. The summed E-state index contributed by atoms with van der Waals surface area (Å²) in [4.78, 5) is 13.3. The molecule has 0 radical (unpaired) electrons. The Hall–Kier alpha value is -1.52. The second-order valence-corrected chi connectivity index (χ2v) is 4.10. The summed E-state index contributed by atoms with van der Waals surface area (Å²) in [5, 5.41) is 0. The predicted molar refractivity (Wildman–Crippen MR) is 56.5 cm³/mol. The van der Waals surface area contributed by atoms with Gasteiger partial charge in [-0.2, -0.15) is 13.2 Å². The van der Waals surface area contributed by atoms with E-state index in [0.29, 0.717) is 12.1 Å². The summed E-state index contributed by atoms with van der Waals surface area (Å²) in [5.74, 6) is -0.164. The van der Waals surface area contributed by atoms with Crippen LogP contribution in [0.1, 0.15) is 28.8 Å². The monoisotopic (exact) mass is 243 g/mol. The lowest BCUT2D eigenvalue weighted by Crippen LogP contribution is -2.26. The Labute approximate surface area is 97.0 Å². The minimum absolute atomic E-state index is 0.0385. The lowest BCUT2D eigenvalue weighted by atomic mass is 10.1. The van der Waals surface area contributed by atoms with Crippen molar-refractivity contribution in [1.82, 2.24) is 4.90 Å². The quantitative estimate of drug-likeness (QED) is 0.799. The van der Waals surface area contributed by atoms with E-state index in [2.05, 4.69) is 0 Å². The summed E-state index contributed by atoms with van der Waals surface area (Å²) in [6.07, 6.45) is -5.02. The maximum Gasteiger partial charge on any atom is 0.389 e. The SMILES string of the molecule is O=C1c2ccccc2CN1CCCC(F)(F)F. The van der Waals surface area contributed by atoms with Gasteiger partial charge in [-0.3, -0.25) is 4.79 Å². The minimum Gasteiger partial charge on any atom is -0.334 e. The zero-order chi connectivity index (χ0) is 12.5. The molecule has 0 aromatic heterocycles. The van der Waals surface area contributed by atoms with E-state index in [0.717, 1.165) is 5.56 Å². The molecule has 0 aliphatic carbocycles. The number of rotatable bonds is 3. The van der Waals surface area contributed by atoms with Crippen molar-refractivity contribution in [3.63, 3.8) is 0 Å². The molecule has 0 saturated heterocycles. The highest BCUT2D eigenvalue weighted by atomic mass is 19.4. The summed E-state index contributed by atoms with van der Waals surface area (Å²) in [7, 11) is 0. The van der Waals surface area contributed by atoms with Crippen molar-refractivity contribution >= 4 is 5.91 Å². The molecule has 0 fully saturated rings. The highest BCUT2D eigenvalue weighted by Gasteiger charge is 2.29. The van der Waals surface area contributed by atoms with Gasteiger partial charge in [-0.1, -0.05) is 18.2 Å². The van der Waals surface area contributed by atoms with Gasteiger partial charge in [-0.05, 0) is 18.1 Å². The fraction of sp³-hybridized carbons (Fsp3) is 0.417. The van der Waals surface area contributed by atoms with E-state index >= 15 is 0 Å². The van der Waals surface area contributed by atoms with Crippen LogP contribution in [0.15, 0.2) is 24.3 Å². The van der Waals surface area contributed by atoms with E-state index in [4.69, 9.17) is 0 Å². The van der Waals surface area contributed by atoms with E-state index in [1.807, 2.05) is 12.1 Å². The molecule has 0 spiro atoms. The first-order chi connectivity index (χ1) is 7.97. The van der Waals surface area contributed by atoms with Crippen LogP contribution >= 0.6 is 0 Å². The van der Waals surface area contributed by atoms with E-state index in [1.54, 1.807) is 12.1 Å². The first-order valence-electron chi connectivity index (χ1n) is 5.41. The average Bonchev–Trinajstić information content (AvgIpc) is 2.55. The van der Waals surface area contributed by atoms with Crippen molar-refractivity contribution in [2.45, 2.75) is 25.6 Å². The molecule has 5 heteroatoms. The maximum absolute atomic E-state index is 12.0. The topological polar surface area (TPSA) is 20.3 Å². The maximum atomic E-state index is 12.0. The third kappa shape index (κ3) is 2.78. The van der Waals surface area contributed by atoms with Crippen molar-refractivity contribution in [2.75, 3.05) is 6.54 Å². The van der Waals surface area contributed by atoms with Crippen LogP contribution in [-0.2, 0) is 6.54 Å². The molecule has 92 valence electrons. The smallest absolute Gasteiger partial charge is 0.334 e. The van der Waals surface area contributed by atoms with Crippen LogP contribution in [0.25, 0.3) is 0 Å². The number of carbonyl (C=O) groups is 1. The third-order valence-electron chi connectivity index (χ3n) is 2.78. The Morgan fingerprint density at radius 2 is 1.94 bits per heavy atom. The number of amides is 1. The number of benzene rings is 1. The number of carbonyl (C=O) groups excluding carboxylic acids is 1. The van der Waals surface area contributed by atoms with Crippen LogP contribution in [0, 0.1) is 0 Å². The predicted octanol–water partition coefficient (Wildman–Crippen LogP) is 2.98. The van der Waals surface area contributed by atoms with Crippen LogP contribution in [0.4, 0.5) is 13.2 Å². The summed E-state index contributed by atoms with van der Waals surface area (Å²) in [5.41, 5.74) is 1.50. The fourth-order valence-corrected chi connectivity index (χ4v) is 1.97. The molecular formula is C12H12F3NO. The molecule has 2 nitrogen and oxygen atoms in total. The summed E-state index contributed by atoms with van der Waals surface area (Å²) in [6.45, 7) is 0.583. The summed E-state index contributed by atoms with van der Waals surface area (Å²) >= 11 is 0. The van der Waals surface area contributed by atoms with Crippen LogP contribution < -0.4 is 0 Å². The molecule has 1 aliphatic rings. The molecular weight excluding hydrogens is 231 g/mol. The van der Waals surface area contributed by atoms with Crippen molar-refractivity contribution in [2.24, 2.45) is 0 Å². The zero-order valence-corrected chi connectivity index (χ0v) is 9.13. The second kappa shape index (κ2) is 4.39. The lowest BCUT2D eigenvalue weighted by Gasteiger charge is -2.15. The van der Waals surface area contributed by atoms with Gasteiger partial charge >= 0.3 is 6.18 Å². The molecule has 0 N–H and O–H groups in total. The van der Waals surface area contributed by atoms with E-state index < -0.39 is 12.6 Å². The average molecular weight is 243 g/mol. The molecule has 0 saturated carbocycles. The van der Waals surface area contributed by atoms with Crippen LogP contribution in [0.3, 0.4) is 0 Å². The molecule has 1 aromatic rings. The first-order valence-corrected chi connectivity index (χ1v) is 5.41. The molecule has 17 heavy (non-hydrogen) atoms. The Morgan fingerprint density at radius 1 is 1.24 bits per heavy atom. The van der Waals surface area contributed by atoms with Gasteiger partial charge in [0, 0.05) is 25.1 Å². The Bertz CT molecular complexity index is 428. The number of nitrogens with zero attached hydrogens (tertiary/aromatic N) is 1. The lowest BCUT2D eigenvalue weighted by molar-refractivity contribution is -0.135. The van der Waals surface area contributed by atoms with E-state index in [-0.39, 0.29) is 18.9 Å². The molecule has 1 aliphatic heterocycles. The van der Waals surface area contributed by atoms with E-state index in [9.17, 15) is 18.0 Å². The van der Waals surface area contributed by atoms with Crippen LogP contribution in [-0.4, -0.2) is 23.5 Å². The number of hydrogen-bond acceptors (Lipinski definition) is 1. The number of alkyl halides is 3. The third-order valence-corrected chi connectivity index (χ3v) is 2.78. The van der Waals surface area contributed by atoms with Gasteiger partial charge in [0.2, 0.25) is 0 Å². The van der Waals surface area contributed by atoms with Gasteiger partial charge in [0.1, 0.15) is 0 Å². The van der Waals surface area contributed by atoms with Crippen LogP contribution in [0.2, 0.25) is 0 Å². The summed E-state index contributed by atoms with van der Waals surface area (Å²) in [6, 6.07) is 7.12. The normalized spacial score (nSPS) is 15.2.